The van der Waals surface area contributed by atoms with Gasteiger partial charge in [-0.05, 0) is 29.9 Å². The van der Waals surface area contributed by atoms with E-state index >= 15 is 0 Å². The number of carbonyl (C=O) groups is 1. The van der Waals surface area contributed by atoms with Crippen molar-refractivity contribution in [3.05, 3.63) is 35.4 Å². The molecular formula is C17H26N2O3S. The van der Waals surface area contributed by atoms with Crippen LogP contribution in [0.5, 0.6) is 0 Å². The van der Waals surface area contributed by atoms with Crippen molar-refractivity contribution in [3.8, 4) is 0 Å². The Balaban J connectivity index is 1.84. The summed E-state index contributed by atoms with van der Waals surface area (Å²) < 4.78 is 22.8. The van der Waals surface area contributed by atoms with E-state index in [0.29, 0.717) is 25.3 Å². The van der Waals surface area contributed by atoms with Crippen LogP contribution in [0.2, 0.25) is 0 Å². The smallest absolute Gasteiger partial charge is 0.223 e. The molecule has 0 saturated carbocycles. The molecule has 1 fully saturated rings. The van der Waals surface area contributed by atoms with E-state index in [0.717, 1.165) is 5.56 Å². The first-order valence-electron chi connectivity index (χ1n) is 8.12. The molecule has 1 aliphatic heterocycles. The molecule has 0 spiro atoms. The van der Waals surface area contributed by atoms with Crippen molar-refractivity contribution in [2.24, 2.45) is 11.7 Å². The molecule has 1 aromatic rings. The lowest BCUT2D eigenvalue weighted by Crippen LogP contribution is -2.39. The zero-order valence-corrected chi connectivity index (χ0v) is 14.6. The fourth-order valence-corrected chi connectivity index (χ4v) is 4.24. The van der Waals surface area contributed by atoms with Crippen molar-refractivity contribution >= 4 is 15.7 Å². The van der Waals surface area contributed by atoms with E-state index in [1.54, 1.807) is 0 Å². The third-order valence-corrected chi connectivity index (χ3v) is 6.17. The molecule has 1 atom stereocenters. The molecule has 5 nitrogen and oxygen atoms in total. The highest BCUT2D eigenvalue weighted by Gasteiger charge is 2.28. The van der Waals surface area contributed by atoms with Gasteiger partial charge in [-0.3, -0.25) is 4.79 Å². The zero-order valence-electron chi connectivity index (χ0n) is 13.8. The first kappa shape index (κ1) is 17.9. The van der Waals surface area contributed by atoms with Gasteiger partial charge in [0.2, 0.25) is 5.91 Å². The van der Waals surface area contributed by atoms with Crippen LogP contribution in [-0.4, -0.2) is 32.4 Å². The normalized spacial score (nSPS) is 19.5. The van der Waals surface area contributed by atoms with Crippen LogP contribution in [0.4, 0.5) is 0 Å². The summed E-state index contributed by atoms with van der Waals surface area (Å²) in [4.78, 5) is 12.1. The molecular weight excluding hydrogens is 312 g/mol. The van der Waals surface area contributed by atoms with Crippen LogP contribution in [0.15, 0.2) is 24.3 Å². The summed E-state index contributed by atoms with van der Waals surface area (Å²) in [6, 6.07) is 7.87. The van der Waals surface area contributed by atoms with Crippen molar-refractivity contribution in [3.63, 3.8) is 0 Å². The largest absolute Gasteiger partial charge is 0.354 e. The van der Waals surface area contributed by atoms with Gasteiger partial charge in [-0.15, -0.1) is 0 Å². The molecule has 1 saturated heterocycles. The lowest BCUT2D eigenvalue weighted by Gasteiger charge is -2.22. The van der Waals surface area contributed by atoms with Gasteiger partial charge in [0.1, 0.15) is 9.84 Å². The van der Waals surface area contributed by atoms with E-state index in [4.69, 9.17) is 5.73 Å². The molecule has 0 aliphatic carbocycles. The van der Waals surface area contributed by atoms with Gasteiger partial charge in [0.05, 0.1) is 11.5 Å². The first-order valence-corrected chi connectivity index (χ1v) is 9.94. The highest BCUT2D eigenvalue weighted by Crippen LogP contribution is 2.20. The Bertz CT molecular complexity index is 624. The van der Waals surface area contributed by atoms with E-state index < -0.39 is 9.84 Å². The third kappa shape index (κ3) is 5.04. The van der Waals surface area contributed by atoms with Gasteiger partial charge in [0.25, 0.3) is 0 Å². The fourth-order valence-electron chi connectivity index (χ4n) is 2.75. The Labute approximate surface area is 138 Å². The van der Waals surface area contributed by atoms with Crippen LogP contribution in [0.3, 0.4) is 0 Å². The van der Waals surface area contributed by atoms with Crippen molar-refractivity contribution in [2.45, 2.75) is 38.6 Å². The molecule has 0 bridgehead atoms. The van der Waals surface area contributed by atoms with E-state index in [1.807, 2.05) is 12.1 Å². The van der Waals surface area contributed by atoms with Crippen molar-refractivity contribution in [1.82, 2.24) is 5.32 Å². The second-order valence-corrected chi connectivity index (χ2v) is 8.90. The van der Waals surface area contributed by atoms with Crippen LogP contribution in [-0.2, 0) is 14.6 Å². The summed E-state index contributed by atoms with van der Waals surface area (Å²) in [5.74, 6) is 0.382. The Morgan fingerprint density at radius 2 is 1.70 bits per heavy atom. The molecule has 6 heteroatoms. The maximum Gasteiger partial charge on any atom is 0.223 e. The van der Waals surface area contributed by atoms with Crippen molar-refractivity contribution in [1.29, 1.82) is 0 Å². The number of hydrogen-bond acceptors (Lipinski definition) is 4. The summed E-state index contributed by atoms with van der Waals surface area (Å²) in [5, 5.41) is 2.86. The van der Waals surface area contributed by atoms with Crippen LogP contribution in [0.25, 0.3) is 0 Å². The van der Waals surface area contributed by atoms with Crippen LogP contribution < -0.4 is 11.1 Å². The summed E-state index contributed by atoms with van der Waals surface area (Å²) in [6.45, 7) is 4.64. The van der Waals surface area contributed by atoms with Gasteiger partial charge >= 0.3 is 0 Å². The van der Waals surface area contributed by atoms with E-state index in [2.05, 4.69) is 31.3 Å². The summed E-state index contributed by atoms with van der Waals surface area (Å²) in [6.07, 6.45) is 0.818. The van der Waals surface area contributed by atoms with Crippen LogP contribution in [0, 0.1) is 5.92 Å². The summed E-state index contributed by atoms with van der Waals surface area (Å²) >= 11 is 0. The van der Waals surface area contributed by atoms with Gasteiger partial charge in [-0.1, -0.05) is 38.1 Å². The molecule has 128 valence electrons. The number of sulfone groups is 1. The maximum atomic E-state index is 12.1. The number of carbonyl (C=O) groups excluding carboxylic acids is 1. The molecule has 1 aliphatic rings. The Kier molecular flexibility index (Phi) is 5.81. The number of hydrogen-bond donors (Lipinski definition) is 2. The molecule has 1 aromatic carbocycles. The number of nitrogens with one attached hydrogen (secondary N) is 1. The molecule has 0 aromatic heterocycles. The first-order chi connectivity index (χ1) is 10.8. The van der Waals surface area contributed by atoms with E-state index in [9.17, 15) is 13.2 Å². The van der Waals surface area contributed by atoms with Crippen molar-refractivity contribution in [2.75, 3.05) is 18.1 Å². The summed E-state index contributed by atoms with van der Waals surface area (Å²) in [7, 11) is -2.94. The standard InChI is InChI=1S/C17H26N2O3S/c1-12(2)13-3-5-14(6-4-13)16(18)11-19-17(20)15-7-9-23(21,22)10-8-15/h3-6,12,15-16H,7-11,18H2,1-2H3,(H,19,20). The second-order valence-electron chi connectivity index (χ2n) is 6.60. The average molecular weight is 338 g/mol. The van der Waals surface area contributed by atoms with Gasteiger partial charge < -0.3 is 11.1 Å². The number of rotatable bonds is 5. The Morgan fingerprint density at radius 3 is 2.22 bits per heavy atom. The Hall–Kier alpha value is -1.40. The number of amides is 1. The minimum atomic E-state index is -2.94. The van der Waals surface area contributed by atoms with Crippen molar-refractivity contribution < 1.29 is 13.2 Å². The third-order valence-electron chi connectivity index (χ3n) is 4.45. The molecule has 2 rings (SSSR count). The predicted molar refractivity (Wildman–Crippen MR) is 91.8 cm³/mol. The minimum Gasteiger partial charge on any atom is -0.354 e. The Morgan fingerprint density at radius 1 is 1.17 bits per heavy atom. The quantitative estimate of drug-likeness (QED) is 0.856. The monoisotopic (exact) mass is 338 g/mol. The minimum absolute atomic E-state index is 0.0887. The SMILES string of the molecule is CC(C)c1ccc(C(N)CNC(=O)C2CCS(=O)(=O)CC2)cc1. The van der Waals surface area contributed by atoms with E-state index in [-0.39, 0.29) is 29.4 Å². The molecule has 1 heterocycles. The van der Waals surface area contributed by atoms with Crippen LogP contribution in [0.1, 0.15) is 49.8 Å². The number of nitrogens with two attached hydrogens (primary N) is 1. The molecule has 1 unspecified atom stereocenters. The van der Waals surface area contributed by atoms with Gasteiger partial charge in [0.15, 0.2) is 0 Å². The van der Waals surface area contributed by atoms with Gasteiger partial charge in [-0.25, -0.2) is 8.42 Å². The summed E-state index contributed by atoms with van der Waals surface area (Å²) in [5.41, 5.74) is 8.38. The average Bonchev–Trinajstić information content (AvgIpc) is 2.52. The van der Waals surface area contributed by atoms with Gasteiger partial charge in [-0.2, -0.15) is 0 Å². The number of benzene rings is 1. The predicted octanol–water partition coefficient (Wildman–Crippen LogP) is 1.75. The lowest BCUT2D eigenvalue weighted by molar-refractivity contribution is -0.125. The highest BCUT2D eigenvalue weighted by atomic mass is 32.2. The molecule has 1 amide bonds. The highest BCUT2D eigenvalue weighted by molar-refractivity contribution is 7.91. The van der Waals surface area contributed by atoms with Gasteiger partial charge in [0, 0.05) is 18.5 Å². The fraction of sp³-hybridized carbons (Fsp3) is 0.588. The molecule has 0 radical (unpaired) electrons. The van der Waals surface area contributed by atoms with E-state index in [1.165, 1.54) is 5.56 Å². The maximum absolute atomic E-state index is 12.1. The molecule has 23 heavy (non-hydrogen) atoms. The second kappa shape index (κ2) is 7.45. The zero-order chi connectivity index (χ0) is 17.0. The molecule has 3 N–H and O–H groups in total. The van der Waals surface area contributed by atoms with Crippen LogP contribution >= 0.6 is 0 Å². The topological polar surface area (TPSA) is 89.3 Å². The lowest BCUT2D eigenvalue weighted by atomic mass is 9.99.